The normalized spacial score (nSPS) is 11.8. The summed E-state index contributed by atoms with van der Waals surface area (Å²) >= 11 is 0. The number of aromatic nitrogens is 2. The number of rotatable bonds is 10. The van der Waals surface area contributed by atoms with E-state index in [-0.39, 0.29) is 24.1 Å². The van der Waals surface area contributed by atoms with E-state index in [1.807, 2.05) is 6.92 Å². The minimum atomic E-state index is -0.692. The van der Waals surface area contributed by atoms with E-state index in [2.05, 4.69) is 10.4 Å². The molecule has 0 saturated heterocycles. The van der Waals surface area contributed by atoms with E-state index in [0.29, 0.717) is 29.4 Å². The van der Waals surface area contributed by atoms with Crippen LogP contribution in [0.25, 0.3) is 0 Å². The molecule has 1 amide bonds. The average molecular weight is 540 g/mol. The van der Waals surface area contributed by atoms with Gasteiger partial charge in [0.1, 0.15) is 29.0 Å². The second-order valence-electron chi connectivity index (χ2n) is 9.50. The Bertz CT molecular complexity index is 1290. The summed E-state index contributed by atoms with van der Waals surface area (Å²) in [6.07, 6.45) is 0.425. The highest BCUT2D eigenvalue weighted by molar-refractivity contribution is 6.04. The van der Waals surface area contributed by atoms with Crippen LogP contribution in [0.2, 0.25) is 0 Å². The summed E-state index contributed by atoms with van der Waals surface area (Å²) in [5.41, 5.74) is -0.0785. The van der Waals surface area contributed by atoms with Crippen molar-refractivity contribution in [1.82, 2.24) is 9.78 Å². The Labute approximate surface area is 226 Å². The minimum absolute atomic E-state index is 0.155. The Balaban J connectivity index is 1.81. The molecule has 0 fully saturated rings. The van der Waals surface area contributed by atoms with Crippen LogP contribution in [0, 0.1) is 0 Å². The summed E-state index contributed by atoms with van der Waals surface area (Å²) in [6.45, 7) is 9.41. The van der Waals surface area contributed by atoms with Gasteiger partial charge >= 0.3 is 12.1 Å². The fourth-order valence-electron chi connectivity index (χ4n) is 3.33. The minimum Gasteiger partial charge on any atom is -0.488 e. The van der Waals surface area contributed by atoms with E-state index < -0.39 is 23.6 Å². The smallest absolute Gasteiger partial charge is 0.435 e. The van der Waals surface area contributed by atoms with Crippen LogP contribution in [0.5, 0.6) is 17.2 Å². The van der Waals surface area contributed by atoms with Crippen LogP contribution in [0.1, 0.15) is 55.3 Å². The monoisotopic (exact) mass is 539 g/mol. The molecule has 39 heavy (non-hydrogen) atoms. The van der Waals surface area contributed by atoms with Crippen LogP contribution in [-0.2, 0) is 14.2 Å². The lowest BCUT2D eigenvalue weighted by molar-refractivity contribution is 0.0509. The van der Waals surface area contributed by atoms with Gasteiger partial charge in [0.2, 0.25) is 0 Å². The lowest BCUT2D eigenvalue weighted by atomic mass is 10.1. The third kappa shape index (κ3) is 8.85. The number of nitrogens with zero attached hydrogens (tertiary/aromatic N) is 2. The summed E-state index contributed by atoms with van der Waals surface area (Å²) in [6, 6.07) is 12.6. The summed E-state index contributed by atoms with van der Waals surface area (Å²) in [4.78, 5) is 37.3. The van der Waals surface area contributed by atoms with Crippen LogP contribution in [0.4, 0.5) is 10.6 Å². The number of anilines is 1. The first-order valence-corrected chi connectivity index (χ1v) is 12.3. The Morgan fingerprint density at radius 2 is 1.67 bits per heavy atom. The number of amides is 1. The van der Waals surface area contributed by atoms with Gasteiger partial charge in [-0.15, -0.1) is 5.10 Å². The van der Waals surface area contributed by atoms with Gasteiger partial charge in [-0.2, -0.15) is 4.68 Å². The van der Waals surface area contributed by atoms with Crippen LogP contribution in [-0.4, -0.2) is 59.8 Å². The Morgan fingerprint density at radius 1 is 0.974 bits per heavy atom. The van der Waals surface area contributed by atoms with Gasteiger partial charge in [-0.05, 0) is 71.0 Å². The average Bonchev–Trinajstić information content (AvgIpc) is 3.32. The number of methoxy groups -OCH3 is 1. The molecule has 0 radical (unpaired) electrons. The molecule has 11 heteroatoms. The van der Waals surface area contributed by atoms with Crippen molar-refractivity contribution in [3.63, 3.8) is 0 Å². The number of hydrogen-bond donors (Lipinski definition) is 1. The molecule has 0 aliphatic carbocycles. The number of carbonyl (C=O) groups excluding carboxylic acids is 3. The predicted molar refractivity (Wildman–Crippen MR) is 143 cm³/mol. The van der Waals surface area contributed by atoms with Crippen molar-refractivity contribution in [2.75, 3.05) is 25.6 Å². The zero-order valence-electron chi connectivity index (χ0n) is 22.8. The Morgan fingerprint density at radius 3 is 2.31 bits per heavy atom. The van der Waals surface area contributed by atoms with E-state index >= 15 is 0 Å². The van der Waals surface area contributed by atoms with Crippen molar-refractivity contribution in [1.29, 1.82) is 0 Å². The molecule has 1 unspecified atom stereocenters. The summed E-state index contributed by atoms with van der Waals surface area (Å²) < 4.78 is 28.3. The highest BCUT2D eigenvalue weighted by atomic mass is 16.6. The highest BCUT2D eigenvalue weighted by Crippen LogP contribution is 2.29. The van der Waals surface area contributed by atoms with E-state index in [1.165, 1.54) is 18.3 Å². The molecule has 3 aromatic rings. The zero-order valence-corrected chi connectivity index (χ0v) is 22.8. The molecule has 0 spiro atoms. The maximum atomic E-state index is 13.1. The SMILES string of the molecule is CCOC(=O)c1ccc(Oc2cc(OC(C)COC)cc(C(=O)Nc3ccn(C(=O)OC(C)(C)C)n3)c2)cc1. The fraction of sp³-hybridized carbons (Fsp3) is 0.357. The van der Waals surface area contributed by atoms with E-state index in [4.69, 9.17) is 23.7 Å². The molecule has 208 valence electrons. The molecule has 0 saturated carbocycles. The molecule has 11 nitrogen and oxygen atoms in total. The van der Waals surface area contributed by atoms with Gasteiger partial charge in [-0.3, -0.25) is 4.79 Å². The molecule has 1 N–H and O–H groups in total. The molecular weight excluding hydrogens is 506 g/mol. The van der Waals surface area contributed by atoms with Gasteiger partial charge in [0.05, 0.1) is 18.8 Å². The van der Waals surface area contributed by atoms with E-state index in [1.54, 1.807) is 71.2 Å². The Kier molecular flexibility index (Phi) is 9.67. The number of hydrogen-bond acceptors (Lipinski definition) is 9. The molecule has 3 rings (SSSR count). The number of ether oxygens (including phenoxy) is 5. The maximum Gasteiger partial charge on any atom is 0.435 e. The quantitative estimate of drug-likeness (QED) is 0.341. The van der Waals surface area contributed by atoms with E-state index in [9.17, 15) is 14.4 Å². The van der Waals surface area contributed by atoms with Crippen LogP contribution in [0.15, 0.2) is 54.7 Å². The summed E-state index contributed by atoms with van der Waals surface area (Å²) in [5, 5.41) is 6.73. The van der Waals surface area contributed by atoms with Crippen molar-refractivity contribution in [3.05, 3.63) is 65.9 Å². The molecule has 0 aliphatic heterocycles. The molecule has 2 aromatic carbocycles. The molecule has 1 atom stereocenters. The zero-order chi connectivity index (χ0) is 28.6. The van der Waals surface area contributed by atoms with E-state index in [0.717, 1.165) is 4.68 Å². The third-order valence-corrected chi connectivity index (χ3v) is 4.89. The maximum absolute atomic E-state index is 13.1. The highest BCUT2D eigenvalue weighted by Gasteiger charge is 2.20. The second-order valence-corrected chi connectivity index (χ2v) is 9.50. The van der Waals surface area contributed by atoms with Crippen LogP contribution >= 0.6 is 0 Å². The van der Waals surface area contributed by atoms with Gasteiger partial charge in [0.15, 0.2) is 5.82 Å². The van der Waals surface area contributed by atoms with Crippen molar-refractivity contribution < 1.29 is 38.1 Å². The van der Waals surface area contributed by atoms with Gasteiger partial charge in [-0.1, -0.05) is 0 Å². The molecule has 1 heterocycles. The predicted octanol–water partition coefficient (Wildman–Crippen LogP) is 5.30. The molecule has 0 aliphatic rings. The first kappa shape index (κ1) is 29.2. The lowest BCUT2D eigenvalue weighted by Gasteiger charge is -2.18. The van der Waals surface area contributed by atoms with Gasteiger partial charge in [-0.25, -0.2) is 9.59 Å². The van der Waals surface area contributed by atoms with Gasteiger partial charge < -0.3 is 29.0 Å². The number of nitrogens with one attached hydrogen (secondary N) is 1. The molecular formula is C28H33N3O8. The summed E-state index contributed by atoms with van der Waals surface area (Å²) in [5.74, 6) is 0.362. The topological polar surface area (TPSA) is 127 Å². The van der Waals surface area contributed by atoms with Crippen molar-refractivity contribution in [2.24, 2.45) is 0 Å². The summed E-state index contributed by atoms with van der Waals surface area (Å²) in [7, 11) is 1.56. The number of carbonyl (C=O) groups is 3. The first-order chi connectivity index (χ1) is 18.5. The fourth-order valence-corrected chi connectivity index (χ4v) is 3.33. The third-order valence-electron chi connectivity index (χ3n) is 4.89. The van der Waals surface area contributed by atoms with Crippen molar-refractivity contribution in [2.45, 2.75) is 46.3 Å². The van der Waals surface area contributed by atoms with Crippen LogP contribution in [0.3, 0.4) is 0 Å². The molecule has 0 bridgehead atoms. The molecule has 1 aromatic heterocycles. The second kappa shape index (κ2) is 12.9. The largest absolute Gasteiger partial charge is 0.488 e. The number of esters is 1. The number of benzene rings is 2. The van der Waals surface area contributed by atoms with Gasteiger partial charge in [0.25, 0.3) is 5.91 Å². The standard InChI is InChI=1S/C28H33N3O8/c1-7-36-26(33)19-8-10-21(11-9-19)38-23-15-20(14-22(16-23)37-18(2)17-35-6)25(32)29-24-12-13-31(30-24)27(34)39-28(3,4)5/h8-16,18H,7,17H2,1-6H3,(H,29,30,32). The Hall–Kier alpha value is -4.38. The van der Waals surface area contributed by atoms with Crippen molar-refractivity contribution in [3.8, 4) is 17.2 Å². The first-order valence-electron chi connectivity index (χ1n) is 12.3. The van der Waals surface area contributed by atoms with Crippen molar-refractivity contribution >= 4 is 23.8 Å². The van der Waals surface area contributed by atoms with Crippen LogP contribution < -0.4 is 14.8 Å². The van der Waals surface area contributed by atoms with Gasteiger partial charge in [0, 0.05) is 31.0 Å². The lowest BCUT2D eigenvalue weighted by Crippen LogP contribution is -2.27.